The Labute approximate surface area is 253 Å². The van der Waals surface area contributed by atoms with Crippen molar-refractivity contribution in [2.75, 3.05) is 20.1 Å². The first-order valence-corrected chi connectivity index (χ1v) is 14.7. The summed E-state index contributed by atoms with van der Waals surface area (Å²) in [7, 11) is 1.60. The number of rotatable bonds is 4. The lowest BCUT2D eigenvalue weighted by Crippen LogP contribution is -2.76. The molecule has 1 amide bonds. The lowest BCUT2D eigenvalue weighted by Gasteiger charge is -2.62. The first-order valence-electron chi connectivity index (χ1n) is 14.7. The molecule has 3 aromatic carbocycles. The number of benzene rings is 3. The average Bonchev–Trinajstić information content (AvgIpc) is 3.36. The molecule has 226 valence electrons. The molecule has 5 atom stereocenters. The number of hydrogen-bond donors (Lipinski definition) is 2. The van der Waals surface area contributed by atoms with Gasteiger partial charge in [-0.05, 0) is 67.3 Å². The number of piperidine rings is 1. The van der Waals surface area contributed by atoms with Crippen molar-refractivity contribution in [3.8, 4) is 23.3 Å². The largest absolute Gasteiger partial charge is 0.504 e. The SMILES string of the molecule is CN(C(=O)C#Cc1ccc(C(F)(F)F)cc1)[C@H]1C=C[C@@]2(O)[C@H]3Cc4ccc(O)c5c4[C@@]2(CCN3CCc2ccccc2)[C@H]1O5. The fourth-order valence-corrected chi connectivity index (χ4v) is 7.78. The van der Waals surface area contributed by atoms with Crippen LogP contribution in [0.1, 0.15) is 34.2 Å². The molecule has 3 aromatic rings. The summed E-state index contributed by atoms with van der Waals surface area (Å²) in [6, 6.07) is 17.3. The number of likely N-dealkylation sites (N-methyl/N-ethyl adjacent to an activating group) is 1. The Morgan fingerprint density at radius 3 is 2.59 bits per heavy atom. The predicted molar refractivity (Wildman–Crippen MR) is 157 cm³/mol. The molecule has 7 rings (SSSR count). The number of phenols is 1. The average molecular weight is 601 g/mol. The van der Waals surface area contributed by atoms with E-state index in [0.717, 1.165) is 36.2 Å². The number of nitrogens with zero attached hydrogens (tertiary/aromatic N) is 2. The van der Waals surface area contributed by atoms with Gasteiger partial charge >= 0.3 is 6.18 Å². The molecule has 1 spiro atoms. The van der Waals surface area contributed by atoms with Gasteiger partial charge in [-0.3, -0.25) is 9.69 Å². The van der Waals surface area contributed by atoms with Crippen LogP contribution in [-0.2, 0) is 29.2 Å². The van der Waals surface area contributed by atoms with Crippen LogP contribution in [0.4, 0.5) is 13.2 Å². The van der Waals surface area contributed by atoms with Gasteiger partial charge in [-0.1, -0.05) is 54.5 Å². The topological polar surface area (TPSA) is 73.2 Å². The molecule has 6 nitrogen and oxygen atoms in total. The third kappa shape index (κ3) is 4.23. The number of phenolic OH excluding ortho intramolecular Hbond substituents is 1. The standard InChI is InChI=1S/C35H31F3N2O4/c1-39(29(42)14-9-23-7-11-25(12-8-23)35(36,37)38)26-15-17-34(43)28-21-24-10-13-27(41)31-30(24)33(34,32(26)44-31)18-20-40(28)19-16-22-5-3-2-4-6-22/h2-8,10-13,15,17,26,28,32,41,43H,16,18-21H2,1H3/t26-,28+,32-,33-,34+/m0/s1. The fourth-order valence-electron chi connectivity index (χ4n) is 7.78. The number of likely N-dealkylation sites (tertiary alicyclic amines) is 1. The maximum absolute atomic E-state index is 13.3. The van der Waals surface area contributed by atoms with E-state index in [1.165, 1.54) is 22.6 Å². The molecule has 2 aliphatic carbocycles. The number of carbonyl (C=O) groups is 1. The first-order chi connectivity index (χ1) is 21.0. The van der Waals surface area contributed by atoms with E-state index in [9.17, 15) is 28.2 Å². The maximum Gasteiger partial charge on any atom is 0.416 e. The van der Waals surface area contributed by atoms with Crippen molar-refractivity contribution in [2.24, 2.45) is 0 Å². The monoisotopic (exact) mass is 600 g/mol. The van der Waals surface area contributed by atoms with E-state index in [4.69, 9.17) is 4.74 Å². The van der Waals surface area contributed by atoms with Crippen LogP contribution in [0.15, 0.2) is 78.9 Å². The summed E-state index contributed by atoms with van der Waals surface area (Å²) < 4.78 is 45.3. The number of ether oxygens (including phenoxy) is 1. The van der Waals surface area contributed by atoms with Gasteiger partial charge in [0.15, 0.2) is 11.5 Å². The van der Waals surface area contributed by atoms with E-state index in [1.54, 1.807) is 19.2 Å². The molecule has 0 unspecified atom stereocenters. The molecule has 4 aliphatic rings. The minimum absolute atomic E-state index is 0.00495. The lowest BCUT2D eigenvalue weighted by molar-refractivity contribution is -0.153. The summed E-state index contributed by atoms with van der Waals surface area (Å²) in [6.45, 7) is 1.48. The van der Waals surface area contributed by atoms with Gasteiger partial charge in [0.25, 0.3) is 5.91 Å². The first kappa shape index (κ1) is 28.5. The smallest absolute Gasteiger partial charge is 0.416 e. The van der Waals surface area contributed by atoms with Crippen molar-refractivity contribution < 1.29 is 32.9 Å². The van der Waals surface area contributed by atoms with Crippen molar-refractivity contribution in [2.45, 2.75) is 54.6 Å². The van der Waals surface area contributed by atoms with E-state index in [-0.39, 0.29) is 17.4 Å². The van der Waals surface area contributed by atoms with Crippen LogP contribution in [0.3, 0.4) is 0 Å². The van der Waals surface area contributed by atoms with Gasteiger partial charge in [0, 0.05) is 36.7 Å². The number of alkyl halides is 3. The highest BCUT2D eigenvalue weighted by Crippen LogP contribution is 2.64. The quantitative estimate of drug-likeness (QED) is 0.342. The maximum atomic E-state index is 13.3. The number of halogens is 3. The van der Waals surface area contributed by atoms with Crippen molar-refractivity contribution >= 4 is 5.91 Å². The second-order valence-corrected chi connectivity index (χ2v) is 12.1. The highest BCUT2D eigenvalue weighted by Gasteiger charge is 2.72. The molecule has 2 aliphatic heterocycles. The van der Waals surface area contributed by atoms with Crippen LogP contribution in [0, 0.1) is 11.8 Å². The van der Waals surface area contributed by atoms with E-state index in [1.807, 2.05) is 30.3 Å². The molecule has 1 saturated heterocycles. The molecule has 44 heavy (non-hydrogen) atoms. The van der Waals surface area contributed by atoms with Crippen LogP contribution in [-0.4, -0.2) is 69.8 Å². The van der Waals surface area contributed by atoms with Gasteiger partial charge in [-0.15, -0.1) is 0 Å². The zero-order valence-corrected chi connectivity index (χ0v) is 24.0. The number of amides is 1. The van der Waals surface area contributed by atoms with Crippen molar-refractivity contribution in [1.82, 2.24) is 9.80 Å². The number of aromatic hydroxyl groups is 1. The van der Waals surface area contributed by atoms with Gasteiger partial charge in [0.2, 0.25) is 0 Å². The molecule has 9 heteroatoms. The van der Waals surface area contributed by atoms with E-state index >= 15 is 0 Å². The van der Waals surface area contributed by atoms with Crippen molar-refractivity contribution in [1.29, 1.82) is 0 Å². The highest BCUT2D eigenvalue weighted by atomic mass is 19.4. The molecule has 2 N–H and O–H groups in total. The highest BCUT2D eigenvalue weighted by molar-refractivity contribution is 5.94. The minimum atomic E-state index is -4.46. The summed E-state index contributed by atoms with van der Waals surface area (Å²) >= 11 is 0. The normalized spacial score (nSPS) is 28.0. The Balaban J connectivity index is 1.20. The van der Waals surface area contributed by atoms with Crippen LogP contribution in [0.5, 0.6) is 11.5 Å². The fraction of sp³-hybridized carbons (Fsp3) is 0.343. The molecular weight excluding hydrogens is 569 g/mol. The van der Waals surface area contributed by atoms with Crippen molar-refractivity contribution in [3.63, 3.8) is 0 Å². The molecular formula is C35H31F3N2O4. The van der Waals surface area contributed by atoms with E-state index in [2.05, 4.69) is 28.9 Å². The molecule has 0 radical (unpaired) electrons. The Hall–Kier alpha value is -4.26. The Morgan fingerprint density at radius 2 is 1.86 bits per heavy atom. The van der Waals surface area contributed by atoms with Gasteiger partial charge in [0.1, 0.15) is 11.7 Å². The summed E-state index contributed by atoms with van der Waals surface area (Å²) in [4.78, 5) is 17.1. The van der Waals surface area contributed by atoms with Crippen LogP contribution in [0.25, 0.3) is 0 Å². The molecule has 0 saturated carbocycles. The Kier molecular flexibility index (Phi) is 6.57. The van der Waals surface area contributed by atoms with Crippen LogP contribution >= 0.6 is 0 Å². The van der Waals surface area contributed by atoms with Gasteiger partial charge < -0.3 is 19.8 Å². The summed E-state index contributed by atoms with van der Waals surface area (Å²) in [5.41, 5.74) is 0.357. The van der Waals surface area contributed by atoms with E-state index in [0.29, 0.717) is 25.1 Å². The van der Waals surface area contributed by atoms with Crippen LogP contribution < -0.4 is 4.74 Å². The molecule has 2 heterocycles. The number of hydrogen-bond acceptors (Lipinski definition) is 5. The number of carbonyl (C=O) groups excluding carboxylic acids is 1. The minimum Gasteiger partial charge on any atom is -0.504 e. The second-order valence-electron chi connectivity index (χ2n) is 12.1. The van der Waals surface area contributed by atoms with E-state index < -0.39 is 40.8 Å². The third-order valence-corrected chi connectivity index (χ3v) is 9.95. The number of aliphatic hydroxyl groups is 1. The van der Waals surface area contributed by atoms with Gasteiger partial charge in [-0.2, -0.15) is 13.2 Å². The van der Waals surface area contributed by atoms with Gasteiger partial charge in [-0.25, -0.2) is 0 Å². The summed E-state index contributed by atoms with van der Waals surface area (Å²) in [5.74, 6) is 5.03. The van der Waals surface area contributed by atoms with Crippen LogP contribution in [0.2, 0.25) is 0 Å². The zero-order valence-electron chi connectivity index (χ0n) is 24.0. The second kappa shape index (κ2) is 10.1. The summed E-state index contributed by atoms with van der Waals surface area (Å²) in [5, 5.41) is 23.5. The van der Waals surface area contributed by atoms with Crippen molar-refractivity contribution in [3.05, 3.63) is 107 Å². The molecule has 2 bridgehead atoms. The predicted octanol–water partition coefficient (Wildman–Crippen LogP) is 4.46. The van der Waals surface area contributed by atoms with Gasteiger partial charge in [0.05, 0.1) is 17.0 Å². The lowest BCUT2D eigenvalue weighted by atomic mass is 9.50. The Bertz CT molecular complexity index is 1710. The molecule has 0 aromatic heterocycles. The third-order valence-electron chi connectivity index (χ3n) is 9.95. The summed E-state index contributed by atoms with van der Waals surface area (Å²) in [6.07, 6.45) is 0.459. The molecule has 1 fully saturated rings. The Morgan fingerprint density at radius 1 is 1.11 bits per heavy atom. The zero-order chi connectivity index (χ0) is 30.9.